The number of aromatic nitrogens is 1. The van der Waals surface area contributed by atoms with Crippen LogP contribution >= 0.6 is 11.3 Å². The zero-order chi connectivity index (χ0) is 22.8. The minimum Gasteiger partial charge on any atom is -0.483 e. The van der Waals surface area contributed by atoms with Crippen molar-refractivity contribution in [3.05, 3.63) is 89.2 Å². The molecule has 0 spiro atoms. The molecule has 0 bridgehead atoms. The van der Waals surface area contributed by atoms with E-state index in [1.165, 1.54) is 23.5 Å². The number of benzene rings is 3. The number of amides is 2. The zero-order valence-corrected chi connectivity index (χ0v) is 18.4. The Bertz CT molecular complexity index is 1300. The Hall–Kier alpha value is -3.78. The Morgan fingerprint density at radius 3 is 2.73 bits per heavy atom. The van der Waals surface area contributed by atoms with Crippen LogP contribution in [0.1, 0.15) is 21.5 Å². The number of anilines is 1. The van der Waals surface area contributed by atoms with Crippen LogP contribution < -0.4 is 10.1 Å². The number of hydrogen-bond acceptors (Lipinski definition) is 5. The van der Waals surface area contributed by atoms with Crippen molar-refractivity contribution < 1.29 is 18.7 Å². The van der Waals surface area contributed by atoms with E-state index < -0.39 is 0 Å². The zero-order valence-electron chi connectivity index (χ0n) is 17.6. The summed E-state index contributed by atoms with van der Waals surface area (Å²) in [6.07, 6.45) is 0.609. The van der Waals surface area contributed by atoms with Crippen molar-refractivity contribution in [1.82, 2.24) is 9.88 Å². The van der Waals surface area contributed by atoms with Crippen molar-refractivity contribution in [2.45, 2.75) is 13.0 Å². The van der Waals surface area contributed by atoms with E-state index in [0.717, 1.165) is 21.3 Å². The second-order valence-electron chi connectivity index (χ2n) is 7.71. The molecule has 33 heavy (non-hydrogen) atoms. The van der Waals surface area contributed by atoms with Gasteiger partial charge in [0.2, 0.25) is 0 Å². The number of carbonyl (C=O) groups is 2. The maximum absolute atomic E-state index is 13.2. The van der Waals surface area contributed by atoms with Gasteiger partial charge in [-0.2, -0.15) is 0 Å². The van der Waals surface area contributed by atoms with Gasteiger partial charge in [0.25, 0.3) is 11.8 Å². The molecule has 0 fully saturated rings. The quantitative estimate of drug-likeness (QED) is 0.454. The first-order chi connectivity index (χ1) is 16.1. The van der Waals surface area contributed by atoms with Gasteiger partial charge >= 0.3 is 0 Å². The number of nitrogens with one attached hydrogen (secondary N) is 1. The maximum Gasteiger partial charge on any atom is 0.264 e. The number of carbonyl (C=O) groups excluding carboxylic acids is 2. The molecule has 2 heterocycles. The normalized spacial score (nSPS) is 13.1. The van der Waals surface area contributed by atoms with Crippen LogP contribution in [-0.4, -0.2) is 34.8 Å². The van der Waals surface area contributed by atoms with Gasteiger partial charge in [-0.05, 0) is 48.4 Å². The molecule has 0 radical (unpaired) electrons. The van der Waals surface area contributed by atoms with Gasteiger partial charge in [0.05, 0.1) is 10.2 Å². The number of nitrogens with zero attached hydrogens (tertiary/aromatic N) is 2. The standard InChI is InChI=1S/C25H20FN3O3S/c26-17-10-8-16(9-11-17)14-29-13-12-18-19(24(29)31)4-3-6-21(18)32-15-23(30)28-25-27-20-5-1-2-7-22(20)33-25/h1-11H,12-15H2,(H,27,28,30). The molecule has 6 nitrogen and oxygen atoms in total. The summed E-state index contributed by atoms with van der Waals surface area (Å²) >= 11 is 1.40. The molecule has 4 aromatic rings. The van der Waals surface area contributed by atoms with E-state index in [1.807, 2.05) is 24.3 Å². The first-order valence-corrected chi connectivity index (χ1v) is 11.3. The molecule has 5 rings (SSSR count). The molecule has 0 atom stereocenters. The molecular formula is C25H20FN3O3S. The molecule has 1 aliphatic rings. The van der Waals surface area contributed by atoms with Crippen LogP contribution in [0.4, 0.5) is 9.52 Å². The minimum absolute atomic E-state index is 0.107. The molecule has 166 valence electrons. The topological polar surface area (TPSA) is 71.5 Å². The predicted octanol–water partition coefficient (Wildman–Crippen LogP) is 4.65. The van der Waals surface area contributed by atoms with E-state index in [0.29, 0.717) is 36.0 Å². The summed E-state index contributed by atoms with van der Waals surface area (Å²) in [6.45, 7) is 0.746. The Kier molecular flexibility index (Phi) is 5.75. The number of fused-ring (bicyclic) bond motifs is 2. The van der Waals surface area contributed by atoms with Crippen LogP contribution in [0.25, 0.3) is 10.2 Å². The molecule has 8 heteroatoms. The van der Waals surface area contributed by atoms with E-state index in [2.05, 4.69) is 10.3 Å². The summed E-state index contributed by atoms with van der Waals surface area (Å²) in [5, 5.41) is 3.29. The summed E-state index contributed by atoms with van der Waals surface area (Å²) in [7, 11) is 0. The first kappa shape index (κ1) is 21.1. The lowest BCUT2D eigenvalue weighted by atomic mass is 9.97. The Morgan fingerprint density at radius 2 is 1.91 bits per heavy atom. The molecule has 0 unspecified atom stereocenters. The average Bonchev–Trinajstić information content (AvgIpc) is 3.23. The van der Waals surface area contributed by atoms with E-state index >= 15 is 0 Å². The van der Waals surface area contributed by atoms with E-state index in [9.17, 15) is 14.0 Å². The lowest BCUT2D eigenvalue weighted by molar-refractivity contribution is -0.118. The Labute approximate surface area is 193 Å². The van der Waals surface area contributed by atoms with Gasteiger partial charge in [-0.1, -0.05) is 41.7 Å². The number of ether oxygens (including phenoxy) is 1. The number of hydrogen-bond donors (Lipinski definition) is 1. The van der Waals surface area contributed by atoms with Crippen LogP contribution in [0.3, 0.4) is 0 Å². The lowest BCUT2D eigenvalue weighted by Gasteiger charge is -2.29. The third-order valence-electron chi connectivity index (χ3n) is 5.47. The first-order valence-electron chi connectivity index (χ1n) is 10.5. The molecule has 1 aliphatic heterocycles. The summed E-state index contributed by atoms with van der Waals surface area (Å²) in [4.78, 5) is 31.5. The third kappa shape index (κ3) is 4.56. The van der Waals surface area contributed by atoms with Crippen LogP contribution in [0, 0.1) is 5.82 Å². The summed E-state index contributed by atoms with van der Waals surface area (Å²) < 4.78 is 19.9. The van der Waals surface area contributed by atoms with E-state index in [4.69, 9.17) is 4.74 Å². The van der Waals surface area contributed by atoms with Crippen molar-refractivity contribution in [1.29, 1.82) is 0 Å². The Morgan fingerprint density at radius 1 is 1.09 bits per heavy atom. The highest BCUT2D eigenvalue weighted by Gasteiger charge is 2.27. The number of para-hydroxylation sites is 1. The Balaban J connectivity index is 1.24. The summed E-state index contributed by atoms with van der Waals surface area (Å²) in [6, 6.07) is 19.1. The predicted molar refractivity (Wildman–Crippen MR) is 125 cm³/mol. The second kappa shape index (κ2) is 8.99. The number of rotatable bonds is 6. The fourth-order valence-electron chi connectivity index (χ4n) is 3.86. The fraction of sp³-hybridized carbons (Fsp3) is 0.160. The lowest BCUT2D eigenvalue weighted by Crippen LogP contribution is -2.37. The van der Waals surface area contributed by atoms with Gasteiger partial charge in [-0.15, -0.1) is 0 Å². The molecular weight excluding hydrogens is 441 g/mol. The number of halogens is 1. The molecule has 2 amide bonds. The fourth-order valence-corrected chi connectivity index (χ4v) is 4.75. The van der Waals surface area contributed by atoms with Gasteiger partial charge in [0, 0.05) is 24.2 Å². The van der Waals surface area contributed by atoms with E-state index in [1.54, 1.807) is 35.2 Å². The van der Waals surface area contributed by atoms with Gasteiger partial charge in [0.15, 0.2) is 11.7 Å². The minimum atomic E-state index is -0.313. The van der Waals surface area contributed by atoms with E-state index in [-0.39, 0.29) is 24.2 Å². The second-order valence-corrected chi connectivity index (χ2v) is 8.74. The van der Waals surface area contributed by atoms with Crippen molar-refractivity contribution in [2.75, 3.05) is 18.5 Å². The van der Waals surface area contributed by atoms with Crippen molar-refractivity contribution in [3.8, 4) is 5.75 Å². The van der Waals surface area contributed by atoms with Crippen molar-refractivity contribution in [2.24, 2.45) is 0 Å². The van der Waals surface area contributed by atoms with Gasteiger partial charge in [0.1, 0.15) is 11.6 Å². The molecule has 0 saturated heterocycles. The monoisotopic (exact) mass is 461 g/mol. The van der Waals surface area contributed by atoms with Crippen molar-refractivity contribution in [3.63, 3.8) is 0 Å². The summed E-state index contributed by atoms with van der Waals surface area (Å²) in [5.74, 6) is -0.193. The highest BCUT2D eigenvalue weighted by Crippen LogP contribution is 2.29. The third-order valence-corrected chi connectivity index (χ3v) is 6.42. The smallest absolute Gasteiger partial charge is 0.264 e. The maximum atomic E-state index is 13.2. The van der Waals surface area contributed by atoms with Crippen LogP contribution in [0.15, 0.2) is 66.7 Å². The molecule has 1 aromatic heterocycles. The molecule has 0 aliphatic carbocycles. The molecule has 0 saturated carbocycles. The highest BCUT2D eigenvalue weighted by atomic mass is 32.1. The van der Waals surface area contributed by atoms with Gasteiger partial charge in [-0.3, -0.25) is 14.9 Å². The molecule has 3 aromatic carbocycles. The SMILES string of the molecule is O=C(COc1cccc2c1CCN(Cc1ccc(F)cc1)C2=O)Nc1nc2ccccc2s1. The van der Waals surface area contributed by atoms with Gasteiger partial charge in [-0.25, -0.2) is 9.37 Å². The van der Waals surface area contributed by atoms with Gasteiger partial charge < -0.3 is 9.64 Å². The summed E-state index contributed by atoms with van der Waals surface area (Å²) in [5.41, 5.74) is 3.06. The number of thiazole rings is 1. The average molecular weight is 462 g/mol. The van der Waals surface area contributed by atoms with Crippen LogP contribution in [0.2, 0.25) is 0 Å². The van der Waals surface area contributed by atoms with Crippen LogP contribution in [-0.2, 0) is 17.8 Å². The van der Waals surface area contributed by atoms with Crippen molar-refractivity contribution >= 4 is 38.5 Å². The highest BCUT2D eigenvalue weighted by molar-refractivity contribution is 7.22. The van der Waals surface area contributed by atoms with Crippen LogP contribution in [0.5, 0.6) is 5.75 Å². The molecule has 1 N–H and O–H groups in total. The largest absolute Gasteiger partial charge is 0.483 e.